The van der Waals surface area contributed by atoms with E-state index in [2.05, 4.69) is 10.6 Å². The molecule has 0 saturated carbocycles. The highest BCUT2D eigenvalue weighted by atomic mass is 16.5. The Labute approximate surface area is 158 Å². The van der Waals surface area contributed by atoms with Crippen LogP contribution in [0.3, 0.4) is 0 Å². The largest absolute Gasteiger partial charge is 0.491 e. The smallest absolute Gasteiger partial charge is 0.322 e. The first-order valence-electron chi connectivity index (χ1n) is 8.58. The van der Waals surface area contributed by atoms with Gasteiger partial charge in [0.25, 0.3) is 5.91 Å². The second-order valence-electron chi connectivity index (χ2n) is 6.24. The zero-order chi connectivity index (χ0) is 19.8. The summed E-state index contributed by atoms with van der Waals surface area (Å²) in [5.74, 6) is -0.743. The second-order valence-corrected chi connectivity index (χ2v) is 6.24. The Hall–Kier alpha value is -3.06. The minimum absolute atomic E-state index is 0.0109. The predicted molar refractivity (Wildman–Crippen MR) is 102 cm³/mol. The monoisotopic (exact) mass is 372 g/mol. The van der Waals surface area contributed by atoms with E-state index in [4.69, 9.17) is 9.84 Å². The Morgan fingerprint density at radius 1 is 1.15 bits per heavy atom. The van der Waals surface area contributed by atoms with Crippen LogP contribution < -0.4 is 15.4 Å². The summed E-state index contributed by atoms with van der Waals surface area (Å²) in [7, 11) is 0. The van der Waals surface area contributed by atoms with E-state index in [-0.39, 0.29) is 19.7 Å². The summed E-state index contributed by atoms with van der Waals surface area (Å²) in [5.41, 5.74) is 2.83. The van der Waals surface area contributed by atoms with Crippen LogP contribution in [-0.2, 0) is 4.79 Å². The van der Waals surface area contributed by atoms with Crippen molar-refractivity contribution in [1.29, 1.82) is 0 Å². The van der Waals surface area contributed by atoms with E-state index < -0.39 is 18.0 Å². The fourth-order valence-corrected chi connectivity index (χ4v) is 2.52. The second kappa shape index (κ2) is 9.59. The molecule has 0 aromatic heterocycles. The topological polar surface area (TPSA) is 108 Å². The van der Waals surface area contributed by atoms with E-state index in [0.29, 0.717) is 17.0 Å². The van der Waals surface area contributed by atoms with Gasteiger partial charge in [0, 0.05) is 12.2 Å². The molecule has 27 heavy (non-hydrogen) atoms. The highest BCUT2D eigenvalue weighted by Gasteiger charge is 2.14. The van der Waals surface area contributed by atoms with Crippen LogP contribution in [0.25, 0.3) is 0 Å². The Morgan fingerprint density at radius 3 is 2.59 bits per heavy atom. The average Bonchev–Trinajstić information content (AvgIpc) is 2.64. The molecule has 7 nitrogen and oxygen atoms in total. The van der Waals surface area contributed by atoms with Crippen molar-refractivity contribution in [2.45, 2.75) is 20.0 Å². The standard InChI is InChI=1S/C20H24N2O5/c1-13-7-8-18(14(2)9-13)27-12-15(23)10-22-20(26)16-5-3-4-6-17(16)21-11-19(24)25/h3-9,15,21,23H,10-12H2,1-2H3,(H,22,26)(H,24,25). The van der Waals surface area contributed by atoms with Crippen LogP contribution in [0.15, 0.2) is 42.5 Å². The summed E-state index contributed by atoms with van der Waals surface area (Å²) in [5, 5.41) is 24.1. The molecule has 7 heteroatoms. The first-order valence-corrected chi connectivity index (χ1v) is 8.58. The number of carboxylic acids is 1. The molecule has 0 aliphatic heterocycles. The van der Waals surface area contributed by atoms with E-state index in [0.717, 1.165) is 11.1 Å². The van der Waals surface area contributed by atoms with E-state index in [1.54, 1.807) is 24.3 Å². The molecule has 144 valence electrons. The van der Waals surface area contributed by atoms with Gasteiger partial charge in [-0.15, -0.1) is 0 Å². The van der Waals surface area contributed by atoms with Crippen LogP contribution in [0.1, 0.15) is 21.5 Å². The number of aliphatic hydroxyl groups excluding tert-OH is 1. The number of carboxylic acid groups (broad SMARTS) is 1. The quantitative estimate of drug-likeness (QED) is 0.536. The number of aryl methyl sites for hydroxylation is 2. The molecular formula is C20H24N2O5. The molecule has 2 rings (SSSR count). The third kappa shape index (κ3) is 6.31. The molecule has 0 heterocycles. The number of ether oxygens (including phenoxy) is 1. The molecule has 0 aliphatic carbocycles. The van der Waals surface area contributed by atoms with Gasteiger partial charge in [-0.1, -0.05) is 29.8 Å². The van der Waals surface area contributed by atoms with Gasteiger partial charge in [-0.2, -0.15) is 0 Å². The molecule has 0 fully saturated rings. The van der Waals surface area contributed by atoms with Crippen LogP contribution in [0, 0.1) is 13.8 Å². The van der Waals surface area contributed by atoms with Crippen LogP contribution >= 0.6 is 0 Å². The molecule has 2 aromatic carbocycles. The molecule has 2 aromatic rings. The molecule has 0 saturated heterocycles. The predicted octanol–water partition coefficient (Wildman–Crippen LogP) is 1.97. The summed E-state index contributed by atoms with van der Waals surface area (Å²) >= 11 is 0. The summed E-state index contributed by atoms with van der Waals surface area (Å²) in [6.07, 6.45) is -0.881. The summed E-state index contributed by atoms with van der Waals surface area (Å²) in [6.45, 7) is 3.68. The summed E-state index contributed by atoms with van der Waals surface area (Å²) in [6, 6.07) is 12.4. The molecule has 0 radical (unpaired) electrons. The van der Waals surface area contributed by atoms with Gasteiger partial charge in [0.1, 0.15) is 25.0 Å². The van der Waals surface area contributed by atoms with Crippen molar-refractivity contribution in [2.75, 3.05) is 25.0 Å². The number of hydrogen-bond acceptors (Lipinski definition) is 5. The number of para-hydroxylation sites is 1. The zero-order valence-electron chi connectivity index (χ0n) is 15.4. The number of anilines is 1. The Bertz CT molecular complexity index is 807. The number of aliphatic carboxylic acids is 1. The maximum atomic E-state index is 12.3. The molecule has 4 N–H and O–H groups in total. The van der Waals surface area contributed by atoms with Crippen molar-refractivity contribution in [3.63, 3.8) is 0 Å². The van der Waals surface area contributed by atoms with Crippen molar-refractivity contribution in [2.24, 2.45) is 0 Å². The third-order valence-electron chi connectivity index (χ3n) is 3.86. The summed E-state index contributed by atoms with van der Waals surface area (Å²) < 4.78 is 5.60. The Balaban J connectivity index is 1.87. The van der Waals surface area contributed by atoms with Gasteiger partial charge in [0.2, 0.25) is 0 Å². The number of aliphatic hydroxyl groups is 1. The number of hydrogen-bond donors (Lipinski definition) is 4. The lowest BCUT2D eigenvalue weighted by Gasteiger charge is -2.16. The SMILES string of the molecule is Cc1ccc(OCC(O)CNC(=O)c2ccccc2NCC(=O)O)c(C)c1. The molecule has 1 amide bonds. The van der Waals surface area contributed by atoms with Crippen molar-refractivity contribution >= 4 is 17.6 Å². The zero-order valence-corrected chi connectivity index (χ0v) is 15.4. The summed E-state index contributed by atoms with van der Waals surface area (Å²) in [4.78, 5) is 23.0. The van der Waals surface area contributed by atoms with Gasteiger partial charge in [-0.05, 0) is 37.6 Å². The van der Waals surface area contributed by atoms with Gasteiger partial charge in [-0.25, -0.2) is 0 Å². The lowest BCUT2D eigenvalue weighted by atomic mass is 10.1. The number of amides is 1. The average molecular weight is 372 g/mol. The maximum Gasteiger partial charge on any atom is 0.322 e. The van der Waals surface area contributed by atoms with Crippen molar-refractivity contribution in [3.05, 3.63) is 59.2 Å². The highest BCUT2D eigenvalue weighted by Crippen LogP contribution is 2.19. The number of nitrogens with one attached hydrogen (secondary N) is 2. The highest BCUT2D eigenvalue weighted by molar-refractivity contribution is 5.99. The number of carbonyl (C=O) groups is 2. The molecule has 1 atom stereocenters. The lowest BCUT2D eigenvalue weighted by Crippen LogP contribution is -2.35. The maximum absolute atomic E-state index is 12.3. The third-order valence-corrected chi connectivity index (χ3v) is 3.86. The van der Waals surface area contributed by atoms with Crippen LogP contribution in [0.4, 0.5) is 5.69 Å². The van der Waals surface area contributed by atoms with Crippen molar-refractivity contribution < 1.29 is 24.5 Å². The van der Waals surface area contributed by atoms with Gasteiger partial charge in [0.05, 0.1) is 5.56 Å². The molecule has 0 spiro atoms. The van der Waals surface area contributed by atoms with E-state index >= 15 is 0 Å². The van der Waals surface area contributed by atoms with E-state index in [9.17, 15) is 14.7 Å². The van der Waals surface area contributed by atoms with Crippen LogP contribution in [0.2, 0.25) is 0 Å². The van der Waals surface area contributed by atoms with E-state index in [1.807, 2.05) is 32.0 Å². The molecule has 1 unspecified atom stereocenters. The number of benzene rings is 2. The Kier molecular flexibility index (Phi) is 7.19. The van der Waals surface area contributed by atoms with Gasteiger partial charge >= 0.3 is 5.97 Å². The van der Waals surface area contributed by atoms with Crippen molar-refractivity contribution in [1.82, 2.24) is 5.32 Å². The Morgan fingerprint density at radius 2 is 1.89 bits per heavy atom. The molecule has 0 aliphatic rings. The fraction of sp³-hybridized carbons (Fsp3) is 0.300. The van der Waals surface area contributed by atoms with Crippen LogP contribution in [0.5, 0.6) is 5.75 Å². The van der Waals surface area contributed by atoms with Crippen molar-refractivity contribution in [3.8, 4) is 5.75 Å². The fourth-order valence-electron chi connectivity index (χ4n) is 2.52. The normalized spacial score (nSPS) is 11.5. The van der Waals surface area contributed by atoms with Gasteiger partial charge < -0.3 is 25.6 Å². The van der Waals surface area contributed by atoms with Gasteiger partial charge in [-0.3, -0.25) is 9.59 Å². The van der Waals surface area contributed by atoms with Gasteiger partial charge in [0.15, 0.2) is 0 Å². The molecule has 0 bridgehead atoms. The van der Waals surface area contributed by atoms with Crippen LogP contribution in [-0.4, -0.2) is 47.9 Å². The van der Waals surface area contributed by atoms with E-state index in [1.165, 1.54) is 0 Å². The lowest BCUT2D eigenvalue weighted by molar-refractivity contribution is -0.134. The molecular weight excluding hydrogens is 348 g/mol. The minimum atomic E-state index is -1.02. The first-order chi connectivity index (χ1) is 12.9. The number of carbonyl (C=O) groups excluding carboxylic acids is 1. The minimum Gasteiger partial charge on any atom is -0.491 e. The first kappa shape index (κ1) is 20.3. The number of rotatable bonds is 9.